The Labute approximate surface area is 147 Å². The molecule has 3 aromatic rings. The average molecular weight is 337 g/mol. The normalized spacial score (nSPS) is 13.6. The van der Waals surface area contributed by atoms with Gasteiger partial charge in [-0.1, -0.05) is 55.5 Å². The first-order chi connectivity index (χ1) is 11.7. The summed E-state index contributed by atoms with van der Waals surface area (Å²) in [5, 5.41) is 6.71. The fraction of sp³-hybridized carbons (Fsp3) is 0.286. The quantitative estimate of drug-likeness (QED) is 0.663. The Morgan fingerprint density at radius 1 is 1.08 bits per heavy atom. The van der Waals surface area contributed by atoms with E-state index in [9.17, 15) is 4.79 Å². The van der Waals surface area contributed by atoms with Gasteiger partial charge in [0.15, 0.2) is 0 Å². The van der Waals surface area contributed by atoms with Gasteiger partial charge in [0.1, 0.15) is 0 Å². The largest absolute Gasteiger partial charge is 0.353 e. The van der Waals surface area contributed by atoms with Crippen molar-refractivity contribution >= 4 is 27.3 Å². The molecule has 0 spiro atoms. The van der Waals surface area contributed by atoms with Gasteiger partial charge in [-0.2, -0.15) is 0 Å². The van der Waals surface area contributed by atoms with Crippen LogP contribution in [-0.2, 0) is 11.2 Å². The SMILES string of the molecule is CC[C@@H](C(=O)N[C@@H](C)Cc1csc2ccccc12)c1ccccc1. The van der Waals surface area contributed by atoms with Crippen LogP contribution in [0.1, 0.15) is 37.3 Å². The van der Waals surface area contributed by atoms with Gasteiger partial charge >= 0.3 is 0 Å². The molecule has 2 aromatic carbocycles. The Morgan fingerprint density at radius 2 is 1.79 bits per heavy atom. The number of nitrogens with one attached hydrogen (secondary N) is 1. The lowest BCUT2D eigenvalue weighted by Crippen LogP contribution is -2.37. The van der Waals surface area contributed by atoms with Gasteiger partial charge in [-0.15, -0.1) is 11.3 Å². The summed E-state index contributed by atoms with van der Waals surface area (Å²) in [4.78, 5) is 12.7. The van der Waals surface area contributed by atoms with Crippen molar-refractivity contribution in [1.82, 2.24) is 5.32 Å². The lowest BCUT2D eigenvalue weighted by Gasteiger charge is -2.19. The first kappa shape index (κ1) is 16.7. The summed E-state index contributed by atoms with van der Waals surface area (Å²) in [6.07, 6.45) is 1.67. The lowest BCUT2D eigenvalue weighted by atomic mass is 9.95. The first-order valence-corrected chi connectivity index (χ1v) is 9.37. The Kier molecular flexibility index (Phi) is 5.31. The Morgan fingerprint density at radius 3 is 2.54 bits per heavy atom. The molecule has 0 radical (unpaired) electrons. The molecule has 0 bridgehead atoms. The van der Waals surface area contributed by atoms with Crippen LogP contribution in [0, 0.1) is 0 Å². The van der Waals surface area contributed by atoms with Crippen molar-refractivity contribution in [1.29, 1.82) is 0 Å². The monoisotopic (exact) mass is 337 g/mol. The Bertz CT molecular complexity index is 809. The summed E-state index contributed by atoms with van der Waals surface area (Å²) in [5.74, 6) is 0.0450. The number of rotatable bonds is 6. The van der Waals surface area contributed by atoms with Gasteiger partial charge in [0.25, 0.3) is 0 Å². The van der Waals surface area contributed by atoms with E-state index < -0.39 is 0 Å². The lowest BCUT2D eigenvalue weighted by molar-refractivity contribution is -0.123. The maximum absolute atomic E-state index is 12.7. The summed E-state index contributed by atoms with van der Waals surface area (Å²) in [6.45, 7) is 4.15. The van der Waals surface area contributed by atoms with E-state index in [4.69, 9.17) is 0 Å². The van der Waals surface area contributed by atoms with Crippen molar-refractivity contribution in [2.45, 2.75) is 38.6 Å². The van der Waals surface area contributed by atoms with Crippen LogP contribution in [0.15, 0.2) is 60.0 Å². The molecular formula is C21H23NOS. The van der Waals surface area contributed by atoms with Crippen LogP contribution < -0.4 is 5.32 Å². The van der Waals surface area contributed by atoms with Crippen molar-refractivity contribution < 1.29 is 4.79 Å². The Hall–Kier alpha value is -2.13. The molecule has 3 rings (SSSR count). The maximum Gasteiger partial charge on any atom is 0.227 e. The number of amides is 1. The molecule has 1 amide bonds. The van der Waals surface area contributed by atoms with Crippen molar-refractivity contribution in [3.05, 3.63) is 71.1 Å². The summed E-state index contributed by atoms with van der Waals surface area (Å²) in [6, 6.07) is 18.6. The minimum atomic E-state index is -0.0760. The van der Waals surface area contributed by atoms with E-state index in [1.165, 1.54) is 15.6 Å². The van der Waals surface area contributed by atoms with E-state index in [0.717, 1.165) is 18.4 Å². The zero-order valence-corrected chi connectivity index (χ0v) is 15.0. The summed E-state index contributed by atoms with van der Waals surface area (Å²) >= 11 is 1.77. The molecule has 2 atom stereocenters. The van der Waals surface area contributed by atoms with Gasteiger partial charge in [-0.25, -0.2) is 0 Å². The zero-order chi connectivity index (χ0) is 16.9. The number of hydrogen-bond donors (Lipinski definition) is 1. The van der Waals surface area contributed by atoms with Crippen LogP contribution in [0.2, 0.25) is 0 Å². The molecule has 0 fully saturated rings. The fourth-order valence-corrected chi connectivity index (χ4v) is 4.15. The standard InChI is InChI=1S/C21H23NOS/c1-3-18(16-9-5-4-6-10-16)21(23)22-15(2)13-17-14-24-20-12-8-7-11-19(17)20/h4-12,14-15,18H,3,13H2,1-2H3,(H,22,23)/t15-,18+/m0/s1. The summed E-state index contributed by atoms with van der Waals surface area (Å²) in [7, 11) is 0. The van der Waals surface area contributed by atoms with Crippen LogP contribution in [0.5, 0.6) is 0 Å². The highest BCUT2D eigenvalue weighted by Crippen LogP contribution is 2.27. The highest BCUT2D eigenvalue weighted by molar-refractivity contribution is 7.17. The highest BCUT2D eigenvalue weighted by Gasteiger charge is 2.20. The minimum Gasteiger partial charge on any atom is -0.353 e. The number of thiophene rings is 1. The van der Waals surface area contributed by atoms with E-state index >= 15 is 0 Å². The fourth-order valence-electron chi connectivity index (χ4n) is 3.17. The van der Waals surface area contributed by atoms with Crippen molar-refractivity contribution in [3.8, 4) is 0 Å². The molecule has 124 valence electrons. The number of fused-ring (bicyclic) bond motifs is 1. The average Bonchev–Trinajstić information content (AvgIpc) is 2.99. The van der Waals surface area contributed by atoms with Crippen LogP contribution in [-0.4, -0.2) is 11.9 Å². The molecule has 0 aliphatic heterocycles. The van der Waals surface area contributed by atoms with Gasteiger partial charge in [0.2, 0.25) is 5.91 Å². The van der Waals surface area contributed by atoms with Crippen LogP contribution in [0.25, 0.3) is 10.1 Å². The number of carbonyl (C=O) groups is 1. The predicted molar refractivity (Wildman–Crippen MR) is 103 cm³/mol. The molecule has 1 heterocycles. The van der Waals surface area contributed by atoms with Crippen molar-refractivity contribution in [2.75, 3.05) is 0 Å². The molecule has 3 heteroatoms. The van der Waals surface area contributed by atoms with Gasteiger partial charge in [0, 0.05) is 10.7 Å². The minimum absolute atomic E-state index is 0.0760. The second kappa shape index (κ2) is 7.63. The maximum atomic E-state index is 12.7. The van der Waals surface area contributed by atoms with Gasteiger partial charge in [0.05, 0.1) is 5.92 Å². The van der Waals surface area contributed by atoms with E-state index in [2.05, 4.69) is 48.8 Å². The first-order valence-electron chi connectivity index (χ1n) is 8.49. The third kappa shape index (κ3) is 3.68. The molecule has 2 nitrogen and oxygen atoms in total. The molecule has 1 N–H and O–H groups in total. The molecule has 0 aliphatic carbocycles. The number of hydrogen-bond acceptors (Lipinski definition) is 2. The molecule has 0 aliphatic rings. The summed E-state index contributed by atoms with van der Waals surface area (Å²) < 4.78 is 1.31. The van der Waals surface area contributed by atoms with E-state index in [-0.39, 0.29) is 17.9 Å². The molecule has 24 heavy (non-hydrogen) atoms. The zero-order valence-electron chi connectivity index (χ0n) is 14.2. The van der Waals surface area contributed by atoms with Gasteiger partial charge in [-0.05, 0) is 47.7 Å². The smallest absolute Gasteiger partial charge is 0.227 e. The second-order valence-electron chi connectivity index (χ2n) is 6.24. The third-order valence-corrected chi connectivity index (χ3v) is 5.41. The predicted octanol–water partition coefficient (Wildman–Crippen LogP) is 5.14. The Balaban J connectivity index is 1.67. The van der Waals surface area contributed by atoms with Crippen LogP contribution in [0.4, 0.5) is 0 Å². The van der Waals surface area contributed by atoms with Crippen molar-refractivity contribution in [2.24, 2.45) is 0 Å². The van der Waals surface area contributed by atoms with Crippen LogP contribution in [0.3, 0.4) is 0 Å². The molecule has 0 unspecified atom stereocenters. The van der Waals surface area contributed by atoms with Gasteiger partial charge in [-0.3, -0.25) is 4.79 Å². The molecular weight excluding hydrogens is 314 g/mol. The number of benzene rings is 2. The molecule has 1 aromatic heterocycles. The second-order valence-corrected chi connectivity index (χ2v) is 7.15. The summed E-state index contributed by atoms with van der Waals surface area (Å²) in [5.41, 5.74) is 2.40. The molecule has 0 saturated carbocycles. The number of carbonyl (C=O) groups excluding carboxylic acids is 1. The van der Waals surface area contributed by atoms with E-state index in [1.54, 1.807) is 11.3 Å². The topological polar surface area (TPSA) is 29.1 Å². The van der Waals surface area contributed by atoms with Crippen LogP contribution >= 0.6 is 11.3 Å². The van der Waals surface area contributed by atoms with Gasteiger partial charge < -0.3 is 5.32 Å². The van der Waals surface area contributed by atoms with Crippen molar-refractivity contribution in [3.63, 3.8) is 0 Å². The van der Waals surface area contributed by atoms with E-state index in [0.29, 0.717) is 0 Å². The highest BCUT2D eigenvalue weighted by atomic mass is 32.1. The third-order valence-electron chi connectivity index (χ3n) is 4.40. The van der Waals surface area contributed by atoms with E-state index in [1.807, 2.05) is 30.3 Å². The molecule has 0 saturated heterocycles.